The average Bonchev–Trinajstić information content (AvgIpc) is 2.95. The van der Waals surface area contributed by atoms with Gasteiger partial charge in [-0.15, -0.1) is 11.8 Å². The molecule has 0 amide bonds. The molecule has 0 atom stereocenters. The number of aromatic nitrogens is 1. The number of pyridine rings is 1. The van der Waals surface area contributed by atoms with Crippen LogP contribution in [0, 0.1) is 0 Å². The predicted octanol–water partition coefficient (Wildman–Crippen LogP) is 4.91. The first-order chi connectivity index (χ1) is 20.6. The van der Waals surface area contributed by atoms with Crippen LogP contribution in [0.1, 0.15) is 18.4 Å². The lowest BCUT2D eigenvalue weighted by atomic mass is 10.3. The zero-order chi connectivity index (χ0) is 31.7. The van der Waals surface area contributed by atoms with Gasteiger partial charge in [0, 0.05) is 29.5 Å². The van der Waals surface area contributed by atoms with Gasteiger partial charge in [0.05, 0.1) is 84.3 Å². The summed E-state index contributed by atoms with van der Waals surface area (Å²) >= 11 is 1.71. The van der Waals surface area contributed by atoms with Crippen LogP contribution >= 0.6 is 11.8 Å². The first kappa shape index (κ1) is 39.5. The van der Waals surface area contributed by atoms with Gasteiger partial charge in [-0.3, -0.25) is 4.79 Å². The highest BCUT2D eigenvalue weighted by Gasteiger charge is 2.33. The van der Waals surface area contributed by atoms with E-state index in [2.05, 4.69) is 41.2 Å². The molecule has 0 bridgehead atoms. The monoisotopic (exact) mass is 662 g/mol. The molecular formula is C27H50N4O9SSi2. The maximum absolute atomic E-state index is 10.8. The van der Waals surface area contributed by atoms with E-state index in [-0.39, 0.29) is 6.42 Å². The van der Waals surface area contributed by atoms with Gasteiger partial charge >= 0.3 is 5.97 Å². The van der Waals surface area contributed by atoms with E-state index < -0.39 is 22.6 Å². The number of aliphatic carboxylic acids is 1. The van der Waals surface area contributed by atoms with Gasteiger partial charge in [-0.25, -0.2) is 4.98 Å². The molecule has 1 heterocycles. The molecule has 1 aromatic heterocycles. The van der Waals surface area contributed by atoms with Crippen LogP contribution < -0.4 is 0 Å². The molecule has 16 heteroatoms. The Kier molecular flexibility index (Phi) is 22.7. The molecule has 13 nitrogen and oxygen atoms in total. The van der Waals surface area contributed by atoms with Crippen molar-refractivity contribution in [1.29, 1.82) is 0 Å². The number of carbonyl (C=O) groups is 1. The number of azide groups is 1. The number of carboxylic acids is 1. The van der Waals surface area contributed by atoms with Gasteiger partial charge in [0.25, 0.3) is 0 Å². The minimum atomic E-state index is -1.91. The fraction of sp³-hybridized carbons (Fsp3) is 0.778. The molecule has 1 N–H and O–H groups in total. The summed E-state index contributed by atoms with van der Waals surface area (Å²) in [7, 11) is -3.79. The number of carboxylic acid groups (broad SMARTS) is 1. The van der Waals surface area contributed by atoms with Crippen molar-refractivity contribution in [2.45, 2.75) is 56.7 Å². The molecule has 1 aromatic rings. The predicted molar refractivity (Wildman–Crippen MR) is 170 cm³/mol. The molecule has 1 rings (SSSR count). The third kappa shape index (κ3) is 24.4. The number of ether oxygens (including phenoxy) is 6. The third-order valence-corrected chi connectivity index (χ3v) is 15.5. The quantitative estimate of drug-likeness (QED) is 0.0309. The summed E-state index contributed by atoms with van der Waals surface area (Å²) < 4.78 is 39.3. The second-order valence-corrected chi connectivity index (χ2v) is 20.9. The van der Waals surface area contributed by atoms with E-state index in [1.54, 1.807) is 11.8 Å². The smallest absolute Gasteiger partial charge is 0.303 e. The molecule has 0 fully saturated rings. The van der Waals surface area contributed by atoms with Crippen LogP contribution in [0.4, 0.5) is 0 Å². The standard InChI is InChI=1S/C27H50N4O9SSi2/c1-42(2,21-5-6-27(32)33)40-43(3,4)24-41-26-8-7-25(22-29-26)23-39-20-19-38-18-17-37-16-15-36-14-13-35-12-11-34-10-9-30-31-28/h7-8,22H,5-6,9-21,23-24H2,1-4H3,(H,32,33). The van der Waals surface area contributed by atoms with Gasteiger partial charge in [-0.2, -0.15) is 0 Å². The molecule has 0 aliphatic rings. The van der Waals surface area contributed by atoms with Crippen LogP contribution in [-0.2, 0) is 43.9 Å². The Balaban J connectivity index is 1.99. The molecule has 0 aromatic carbocycles. The van der Waals surface area contributed by atoms with E-state index >= 15 is 0 Å². The second kappa shape index (κ2) is 24.7. The van der Waals surface area contributed by atoms with Crippen molar-refractivity contribution in [3.05, 3.63) is 34.3 Å². The van der Waals surface area contributed by atoms with Crippen LogP contribution in [0.25, 0.3) is 10.4 Å². The van der Waals surface area contributed by atoms with Crippen molar-refractivity contribution in [1.82, 2.24) is 4.98 Å². The number of hydrogen-bond donors (Lipinski definition) is 1. The molecule has 0 aliphatic heterocycles. The van der Waals surface area contributed by atoms with Gasteiger partial charge in [0.15, 0.2) is 16.6 Å². The molecule has 0 saturated heterocycles. The van der Waals surface area contributed by atoms with E-state index in [1.165, 1.54) is 0 Å². The highest BCUT2D eigenvalue weighted by molar-refractivity contribution is 8.00. The Bertz CT molecular complexity index is 911. The van der Waals surface area contributed by atoms with Gasteiger partial charge in [-0.05, 0) is 55.8 Å². The number of thioether (sulfide) groups is 1. The summed E-state index contributed by atoms with van der Waals surface area (Å²) in [5.41, 5.74) is 9.15. The van der Waals surface area contributed by atoms with Crippen molar-refractivity contribution in [3.8, 4) is 0 Å². The SMILES string of the molecule is C[Si](C)(CCCC(=O)O)O[Si](C)(C)CSc1ccc(COCCOCCOCCOCCOCCOCCN=[N+]=[N-])cn1. The summed E-state index contributed by atoms with van der Waals surface area (Å²) in [6, 6.07) is 4.91. The first-order valence-electron chi connectivity index (χ1n) is 14.6. The lowest BCUT2D eigenvalue weighted by Crippen LogP contribution is -2.46. The zero-order valence-electron chi connectivity index (χ0n) is 26.2. The highest BCUT2D eigenvalue weighted by atomic mass is 32.2. The molecule has 246 valence electrons. The van der Waals surface area contributed by atoms with Crippen molar-refractivity contribution in [2.24, 2.45) is 5.11 Å². The summed E-state index contributed by atoms with van der Waals surface area (Å²) in [5, 5.41) is 14.1. The van der Waals surface area contributed by atoms with Gasteiger partial charge in [0.2, 0.25) is 0 Å². The van der Waals surface area contributed by atoms with E-state index in [0.717, 1.165) is 22.0 Å². The number of rotatable bonds is 29. The first-order valence-corrected chi connectivity index (χ1v) is 21.8. The maximum atomic E-state index is 10.8. The normalized spacial score (nSPS) is 11.9. The topological polar surface area (TPSA) is 164 Å². The zero-order valence-corrected chi connectivity index (χ0v) is 29.0. The van der Waals surface area contributed by atoms with Crippen molar-refractivity contribution in [3.63, 3.8) is 0 Å². The summed E-state index contributed by atoms with van der Waals surface area (Å²) in [4.78, 5) is 18.0. The number of hydrogen-bond acceptors (Lipinski definition) is 11. The molecule has 0 aliphatic carbocycles. The van der Waals surface area contributed by atoms with Crippen molar-refractivity contribution >= 4 is 34.4 Å². The molecule has 0 saturated carbocycles. The van der Waals surface area contributed by atoms with Gasteiger partial charge in [-0.1, -0.05) is 11.2 Å². The average molecular weight is 663 g/mol. The van der Waals surface area contributed by atoms with Crippen LogP contribution in [-0.4, -0.2) is 117 Å². The Hall–Kier alpha value is -1.57. The van der Waals surface area contributed by atoms with Gasteiger partial charge in [0.1, 0.15) is 0 Å². The van der Waals surface area contributed by atoms with Crippen LogP contribution in [0.15, 0.2) is 28.5 Å². The summed E-state index contributed by atoms with van der Waals surface area (Å²) in [5.74, 6) is -0.745. The highest BCUT2D eigenvalue weighted by Crippen LogP contribution is 2.26. The number of nitrogens with zero attached hydrogens (tertiary/aromatic N) is 4. The minimum Gasteiger partial charge on any atom is -0.481 e. The Labute approximate surface area is 262 Å². The summed E-state index contributed by atoms with van der Waals surface area (Å²) in [6.45, 7) is 14.8. The largest absolute Gasteiger partial charge is 0.481 e. The fourth-order valence-corrected chi connectivity index (χ4v) is 14.2. The molecule has 0 spiro atoms. The molecule has 0 radical (unpaired) electrons. The lowest BCUT2D eigenvalue weighted by molar-refractivity contribution is -0.137. The molecule has 0 unspecified atom stereocenters. The van der Waals surface area contributed by atoms with Crippen LogP contribution in [0.3, 0.4) is 0 Å². The lowest BCUT2D eigenvalue weighted by Gasteiger charge is -2.33. The van der Waals surface area contributed by atoms with Crippen molar-refractivity contribution < 1.29 is 42.4 Å². The van der Waals surface area contributed by atoms with E-state index in [0.29, 0.717) is 92.2 Å². The maximum Gasteiger partial charge on any atom is 0.303 e. The second-order valence-electron chi connectivity index (χ2n) is 10.7. The Morgan fingerprint density at radius 3 is 1.88 bits per heavy atom. The van der Waals surface area contributed by atoms with Crippen LogP contribution in [0.2, 0.25) is 32.2 Å². The van der Waals surface area contributed by atoms with E-state index in [1.807, 2.05) is 18.3 Å². The fourth-order valence-electron chi connectivity index (χ4n) is 3.76. The molecular weight excluding hydrogens is 613 g/mol. The Morgan fingerprint density at radius 2 is 1.40 bits per heavy atom. The minimum absolute atomic E-state index is 0.205. The third-order valence-electron chi connectivity index (χ3n) is 5.61. The van der Waals surface area contributed by atoms with Crippen LogP contribution in [0.5, 0.6) is 0 Å². The van der Waals surface area contributed by atoms with Crippen molar-refractivity contribution in [2.75, 3.05) is 84.6 Å². The van der Waals surface area contributed by atoms with E-state index in [9.17, 15) is 4.79 Å². The van der Waals surface area contributed by atoms with Gasteiger partial charge < -0.3 is 37.6 Å². The molecule has 43 heavy (non-hydrogen) atoms. The van der Waals surface area contributed by atoms with E-state index in [4.69, 9.17) is 43.2 Å². The summed E-state index contributed by atoms with van der Waals surface area (Å²) in [6.07, 6.45) is 2.72. The Morgan fingerprint density at radius 1 is 0.860 bits per heavy atom.